The molecule has 9 heteroatoms. The van der Waals surface area contributed by atoms with Crippen molar-refractivity contribution in [2.45, 2.75) is 55.5 Å². The van der Waals surface area contributed by atoms with E-state index in [0.29, 0.717) is 29.1 Å². The number of fused-ring (bicyclic) bond motifs is 4. The van der Waals surface area contributed by atoms with Gasteiger partial charge in [0, 0.05) is 64.9 Å². The molecule has 0 amide bonds. The van der Waals surface area contributed by atoms with Crippen LogP contribution in [0.2, 0.25) is 0 Å². The third-order valence-electron chi connectivity index (χ3n) is 9.29. The van der Waals surface area contributed by atoms with Crippen LogP contribution in [-0.2, 0) is 17.2 Å². The fraction of sp³-hybridized carbons (Fsp3) is 0.433. The summed E-state index contributed by atoms with van der Waals surface area (Å²) in [6.45, 7) is 2.14. The Balaban J connectivity index is 1.06. The van der Waals surface area contributed by atoms with E-state index in [1.165, 1.54) is 5.56 Å². The zero-order valence-electron chi connectivity index (χ0n) is 21.8. The molecule has 2 bridgehead atoms. The maximum Gasteiger partial charge on any atom is 0.146 e. The zero-order valence-corrected chi connectivity index (χ0v) is 22.6. The maximum absolute atomic E-state index is 12.1. The second kappa shape index (κ2) is 9.13. The number of ether oxygens (including phenoxy) is 1. The van der Waals surface area contributed by atoms with Gasteiger partial charge in [0.25, 0.3) is 0 Å². The molecule has 2 saturated heterocycles. The van der Waals surface area contributed by atoms with Gasteiger partial charge in [0.2, 0.25) is 0 Å². The molecule has 0 radical (unpaired) electrons. The highest BCUT2D eigenvalue weighted by atomic mass is 32.2. The van der Waals surface area contributed by atoms with E-state index in [1.807, 2.05) is 24.4 Å². The van der Waals surface area contributed by atoms with Crippen molar-refractivity contribution in [2.75, 3.05) is 24.6 Å². The molecule has 4 aromatic rings. The van der Waals surface area contributed by atoms with Crippen LogP contribution in [0.4, 0.5) is 5.82 Å². The minimum absolute atomic E-state index is 0.0403. The number of benzene rings is 1. The summed E-state index contributed by atoms with van der Waals surface area (Å²) in [5.41, 5.74) is 11.7. The number of nitrogen functional groups attached to an aromatic ring is 1. The predicted molar refractivity (Wildman–Crippen MR) is 152 cm³/mol. The van der Waals surface area contributed by atoms with Gasteiger partial charge in [-0.1, -0.05) is 18.2 Å². The van der Waals surface area contributed by atoms with E-state index in [-0.39, 0.29) is 6.10 Å². The number of pyridine rings is 1. The molecule has 4 atom stereocenters. The van der Waals surface area contributed by atoms with E-state index in [1.54, 1.807) is 6.33 Å². The van der Waals surface area contributed by atoms with E-state index in [4.69, 9.17) is 10.5 Å². The fourth-order valence-corrected chi connectivity index (χ4v) is 8.97. The summed E-state index contributed by atoms with van der Waals surface area (Å²) in [6, 6.07) is 13.4. The summed E-state index contributed by atoms with van der Waals surface area (Å²) in [5, 5.41) is 1.32. The molecule has 2 unspecified atom stereocenters. The first-order valence-corrected chi connectivity index (χ1v) is 15.4. The first kappa shape index (κ1) is 23.6. The van der Waals surface area contributed by atoms with Crippen LogP contribution < -0.4 is 10.5 Å². The number of anilines is 1. The number of aryl methyl sites for hydroxylation is 1. The van der Waals surface area contributed by atoms with Crippen molar-refractivity contribution in [3.8, 4) is 16.9 Å². The Kier molecular flexibility index (Phi) is 5.52. The van der Waals surface area contributed by atoms with Crippen molar-refractivity contribution in [3.63, 3.8) is 0 Å². The average Bonchev–Trinajstić information content (AvgIpc) is 3.63. The van der Waals surface area contributed by atoms with E-state index < -0.39 is 10.8 Å². The average molecular weight is 541 g/mol. The fourth-order valence-electron chi connectivity index (χ4n) is 7.18. The lowest BCUT2D eigenvalue weighted by Gasteiger charge is -2.40. The standard InChI is InChI=1S/C30H32N6O2S/c31-29-28-24(20-5-4-19-6-7-26(38-27(19)11-20)25-3-1-2-8-32-25)15-36(30(28)34-17-33-29)21-9-18(10-21)13-35-14-23-12-22(35)16-39(23)37/h1-5,8,11,15,17-18,21-23,26H,6-7,9-10,12-14,16H2,(H2,31,33,34)/t18?,21?,22-,23+,26?,39?/m0/s1. The topological polar surface area (TPSA) is 99.2 Å². The second-order valence-corrected chi connectivity index (χ2v) is 13.4. The number of hydrogen-bond acceptors (Lipinski definition) is 7. The molecule has 1 aromatic carbocycles. The quantitative estimate of drug-likeness (QED) is 0.403. The van der Waals surface area contributed by atoms with Crippen molar-refractivity contribution >= 4 is 27.7 Å². The highest BCUT2D eigenvalue weighted by molar-refractivity contribution is 7.86. The molecule has 3 fully saturated rings. The van der Waals surface area contributed by atoms with Crippen LogP contribution in [0.15, 0.2) is 55.1 Å². The molecule has 3 aromatic heterocycles. The van der Waals surface area contributed by atoms with E-state index in [2.05, 4.69) is 48.8 Å². The molecule has 200 valence electrons. The van der Waals surface area contributed by atoms with E-state index in [9.17, 15) is 4.21 Å². The molecule has 3 aliphatic heterocycles. The first-order chi connectivity index (χ1) is 19.1. The summed E-state index contributed by atoms with van der Waals surface area (Å²) < 4.78 is 20.8. The predicted octanol–water partition coefficient (Wildman–Crippen LogP) is 4.30. The minimum Gasteiger partial charge on any atom is -0.484 e. The zero-order chi connectivity index (χ0) is 26.1. The molecule has 8 nitrogen and oxygen atoms in total. The Hall–Kier alpha value is -3.30. The minimum atomic E-state index is -0.597. The van der Waals surface area contributed by atoms with Crippen LogP contribution >= 0.6 is 0 Å². The second-order valence-electron chi connectivity index (χ2n) is 11.6. The van der Waals surface area contributed by atoms with Gasteiger partial charge in [-0.25, -0.2) is 9.97 Å². The number of rotatable bonds is 5. The van der Waals surface area contributed by atoms with E-state index in [0.717, 1.165) is 84.6 Å². The van der Waals surface area contributed by atoms with Crippen LogP contribution in [-0.4, -0.2) is 58.8 Å². The summed E-state index contributed by atoms with van der Waals surface area (Å²) in [7, 11) is -0.597. The summed E-state index contributed by atoms with van der Waals surface area (Å²) >= 11 is 0. The first-order valence-electron chi connectivity index (χ1n) is 14.0. The van der Waals surface area contributed by atoms with Crippen LogP contribution in [0.3, 0.4) is 0 Å². The molecule has 2 N–H and O–H groups in total. The summed E-state index contributed by atoms with van der Waals surface area (Å²) in [5.74, 6) is 2.96. The number of nitrogens with two attached hydrogens (primary N) is 1. The Labute approximate surface area is 230 Å². The molecule has 1 aliphatic carbocycles. The van der Waals surface area contributed by atoms with Gasteiger partial charge in [-0.3, -0.25) is 14.1 Å². The van der Waals surface area contributed by atoms with Gasteiger partial charge in [0.05, 0.1) is 11.1 Å². The molecule has 39 heavy (non-hydrogen) atoms. The third kappa shape index (κ3) is 3.97. The van der Waals surface area contributed by atoms with Gasteiger partial charge in [-0.2, -0.15) is 0 Å². The molecular formula is C30H32N6O2S. The monoisotopic (exact) mass is 540 g/mol. The molecule has 0 spiro atoms. The molecular weight excluding hydrogens is 508 g/mol. The highest BCUT2D eigenvalue weighted by Gasteiger charge is 2.45. The molecule has 8 rings (SSSR count). The van der Waals surface area contributed by atoms with Crippen LogP contribution in [0.1, 0.15) is 49.1 Å². The van der Waals surface area contributed by atoms with Crippen molar-refractivity contribution in [3.05, 3.63) is 66.4 Å². The third-order valence-corrected chi connectivity index (χ3v) is 11.1. The lowest BCUT2D eigenvalue weighted by Crippen LogP contribution is -2.44. The smallest absolute Gasteiger partial charge is 0.146 e. The van der Waals surface area contributed by atoms with Crippen LogP contribution in [0.25, 0.3) is 22.2 Å². The van der Waals surface area contributed by atoms with Gasteiger partial charge >= 0.3 is 0 Å². The van der Waals surface area contributed by atoms with Crippen LogP contribution in [0, 0.1) is 5.92 Å². The van der Waals surface area contributed by atoms with Crippen molar-refractivity contribution in [1.29, 1.82) is 0 Å². The molecule has 4 aliphatic rings. The van der Waals surface area contributed by atoms with E-state index >= 15 is 0 Å². The Morgan fingerprint density at radius 3 is 2.79 bits per heavy atom. The van der Waals surface area contributed by atoms with Crippen LogP contribution in [0.5, 0.6) is 5.75 Å². The van der Waals surface area contributed by atoms with Gasteiger partial charge in [0.15, 0.2) is 0 Å². The Morgan fingerprint density at radius 1 is 1.08 bits per heavy atom. The van der Waals surface area contributed by atoms with Gasteiger partial charge in [-0.15, -0.1) is 0 Å². The Morgan fingerprint density at radius 2 is 2.00 bits per heavy atom. The molecule has 1 saturated carbocycles. The largest absolute Gasteiger partial charge is 0.484 e. The van der Waals surface area contributed by atoms with Gasteiger partial charge in [-0.05, 0) is 67.3 Å². The number of aromatic nitrogens is 4. The SMILES string of the molecule is Nc1ncnc2c1c(-c1ccc3c(c1)OC(c1ccccn1)CC3)cn2C1CC(CN2C[C@H]3C[C@H]2CS3=O)C1. The lowest BCUT2D eigenvalue weighted by molar-refractivity contribution is 0.127. The summed E-state index contributed by atoms with van der Waals surface area (Å²) in [6.07, 6.45) is 10.8. The number of likely N-dealkylation sites (tertiary alicyclic amines) is 1. The Bertz CT molecular complexity index is 1580. The lowest BCUT2D eigenvalue weighted by atomic mass is 9.79. The van der Waals surface area contributed by atoms with Crippen molar-refractivity contribution < 1.29 is 8.95 Å². The highest BCUT2D eigenvalue weighted by Crippen LogP contribution is 2.45. The van der Waals surface area contributed by atoms with Crippen molar-refractivity contribution in [1.82, 2.24) is 24.4 Å². The number of hydrogen-bond donors (Lipinski definition) is 1. The molecule has 6 heterocycles. The van der Waals surface area contributed by atoms with Gasteiger partial charge in [0.1, 0.15) is 29.6 Å². The number of nitrogens with zero attached hydrogens (tertiary/aromatic N) is 5. The van der Waals surface area contributed by atoms with Gasteiger partial charge < -0.3 is 15.0 Å². The summed E-state index contributed by atoms with van der Waals surface area (Å²) in [4.78, 5) is 16.1. The normalized spacial score (nSPS) is 29.7. The van der Waals surface area contributed by atoms with Crippen molar-refractivity contribution in [2.24, 2.45) is 5.92 Å². The maximum atomic E-state index is 12.1.